The van der Waals surface area contributed by atoms with E-state index in [4.69, 9.17) is 16.3 Å². The number of amides is 2. The van der Waals surface area contributed by atoms with Crippen LogP contribution in [0.1, 0.15) is 12.0 Å². The molecule has 0 aromatic heterocycles. The van der Waals surface area contributed by atoms with Crippen LogP contribution in [0.4, 0.5) is 18.9 Å². The van der Waals surface area contributed by atoms with Crippen LogP contribution in [0.3, 0.4) is 0 Å². The lowest BCUT2D eigenvalue weighted by atomic mass is 10.0. The highest BCUT2D eigenvalue weighted by molar-refractivity contribution is 6.36. The number of carbonyl (C=O) groups excluding carboxylic acids is 2. The molecule has 1 aliphatic rings. The van der Waals surface area contributed by atoms with Gasteiger partial charge in [-0.25, -0.2) is 0 Å². The third kappa shape index (κ3) is 5.56. The predicted molar refractivity (Wildman–Crippen MR) is 108 cm³/mol. The van der Waals surface area contributed by atoms with Crippen LogP contribution in [0.5, 0.6) is 5.75 Å². The summed E-state index contributed by atoms with van der Waals surface area (Å²) in [5, 5.41) is 3.33. The highest BCUT2D eigenvalue weighted by atomic mass is 35.5. The van der Waals surface area contributed by atoms with Crippen molar-refractivity contribution in [1.29, 1.82) is 0 Å². The Morgan fingerprint density at radius 1 is 1.00 bits per heavy atom. The van der Waals surface area contributed by atoms with E-state index < -0.39 is 23.9 Å². The number of alkyl halides is 3. The van der Waals surface area contributed by atoms with E-state index in [2.05, 4.69) is 10.1 Å². The summed E-state index contributed by atoms with van der Waals surface area (Å²) >= 11 is 5.92. The van der Waals surface area contributed by atoms with Gasteiger partial charge in [0.25, 0.3) is 11.8 Å². The van der Waals surface area contributed by atoms with Gasteiger partial charge in [-0.3, -0.25) is 14.5 Å². The average molecular weight is 455 g/mol. The van der Waals surface area contributed by atoms with Crippen LogP contribution in [-0.2, 0) is 14.3 Å². The Bertz CT molecular complexity index is 989. The Kier molecular flexibility index (Phi) is 6.87. The fourth-order valence-electron chi connectivity index (χ4n) is 3.03. The second-order valence-electron chi connectivity index (χ2n) is 6.56. The number of hydrogen-bond acceptors (Lipinski definition) is 5. The number of anilines is 1. The van der Waals surface area contributed by atoms with Gasteiger partial charge >= 0.3 is 6.36 Å². The molecule has 2 aromatic rings. The third-order valence-electron chi connectivity index (χ3n) is 4.39. The van der Waals surface area contributed by atoms with Crippen molar-refractivity contribution in [2.24, 2.45) is 0 Å². The maximum absolute atomic E-state index is 13.0. The summed E-state index contributed by atoms with van der Waals surface area (Å²) in [6.07, 6.45) is -4.35. The molecule has 0 radical (unpaired) electrons. The molecule has 1 heterocycles. The molecule has 1 N–H and O–H groups in total. The first-order chi connectivity index (χ1) is 14.7. The normalized spacial score (nSPS) is 14.4. The number of imide groups is 1. The van der Waals surface area contributed by atoms with Crippen molar-refractivity contribution >= 4 is 34.7 Å². The number of ether oxygens (including phenoxy) is 2. The molecule has 31 heavy (non-hydrogen) atoms. The molecule has 0 fully saturated rings. The fraction of sp³-hybridized carbons (Fsp3) is 0.238. The van der Waals surface area contributed by atoms with Crippen LogP contribution < -0.4 is 10.1 Å². The smallest absolute Gasteiger partial charge is 0.406 e. The highest BCUT2D eigenvalue weighted by Gasteiger charge is 2.39. The lowest BCUT2D eigenvalue weighted by Gasteiger charge is -2.15. The maximum Gasteiger partial charge on any atom is 0.573 e. The second kappa shape index (κ2) is 9.40. The first-order valence-corrected chi connectivity index (χ1v) is 9.55. The van der Waals surface area contributed by atoms with Gasteiger partial charge in [-0.2, -0.15) is 0 Å². The summed E-state index contributed by atoms with van der Waals surface area (Å²) < 4.78 is 45.9. The third-order valence-corrected chi connectivity index (χ3v) is 4.64. The predicted octanol–water partition coefficient (Wildman–Crippen LogP) is 4.47. The molecule has 0 spiro atoms. The monoisotopic (exact) mass is 454 g/mol. The fourth-order valence-corrected chi connectivity index (χ4v) is 3.16. The standard InChI is InChI=1S/C21H18ClF3N2O4/c1-30-12-2-11-27-19(28)17(13-3-5-14(22)6-4-13)18(20(27)29)26-15-7-9-16(10-8-15)31-21(23,24)25/h3-10,26H,2,11-12H2,1H3. The molecular weight excluding hydrogens is 437 g/mol. The van der Waals surface area contributed by atoms with Gasteiger partial charge in [0.1, 0.15) is 11.4 Å². The molecule has 6 nitrogen and oxygen atoms in total. The van der Waals surface area contributed by atoms with Crippen LogP contribution in [-0.4, -0.2) is 43.3 Å². The molecule has 0 atom stereocenters. The number of carbonyl (C=O) groups is 2. The summed E-state index contributed by atoms with van der Waals surface area (Å²) in [7, 11) is 1.52. The van der Waals surface area contributed by atoms with E-state index in [1.165, 1.54) is 19.2 Å². The van der Waals surface area contributed by atoms with E-state index in [0.29, 0.717) is 29.3 Å². The van der Waals surface area contributed by atoms with Crippen LogP contribution in [0.15, 0.2) is 54.2 Å². The molecule has 0 saturated heterocycles. The molecule has 164 valence electrons. The number of methoxy groups -OCH3 is 1. The van der Waals surface area contributed by atoms with Crippen LogP contribution in [0.25, 0.3) is 5.57 Å². The molecule has 2 aromatic carbocycles. The average Bonchev–Trinajstić information content (AvgIpc) is 2.93. The van der Waals surface area contributed by atoms with Crippen molar-refractivity contribution in [1.82, 2.24) is 4.90 Å². The Hall–Kier alpha value is -3.04. The van der Waals surface area contributed by atoms with E-state index in [-0.39, 0.29) is 17.8 Å². The molecule has 0 unspecified atom stereocenters. The SMILES string of the molecule is COCCCN1C(=O)C(Nc2ccc(OC(F)(F)F)cc2)=C(c2ccc(Cl)cc2)C1=O. The number of nitrogens with one attached hydrogen (secondary N) is 1. The van der Waals surface area contributed by atoms with Crippen molar-refractivity contribution in [3.05, 3.63) is 64.8 Å². The molecule has 0 bridgehead atoms. The van der Waals surface area contributed by atoms with Crippen LogP contribution in [0.2, 0.25) is 5.02 Å². The zero-order valence-corrected chi connectivity index (χ0v) is 17.1. The minimum atomic E-state index is -4.81. The summed E-state index contributed by atoms with van der Waals surface area (Å²) in [6, 6.07) is 11.3. The van der Waals surface area contributed by atoms with Crippen molar-refractivity contribution in [3.8, 4) is 5.75 Å². The number of nitrogens with zero attached hydrogens (tertiary/aromatic N) is 1. The maximum atomic E-state index is 13.0. The van der Waals surface area contributed by atoms with Crippen molar-refractivity contribution in [2.45, 2.75) is 12.8 Å². The van der Waals surface area contributed by atoms with Crippen molar-refractivity contribution < 1.29 is 32.2 Å². The van der Waals surface area contributed by atoms with Crippen LogP contribution >= 0.6 is 11.6 Å². The van der Waals surface area contributed by atoms with Gasteiger partial charge in [0.15, 0.2) is 0 Å². The van der Waals surface area contributed by atoms with E-state index in [1.807, 2.05) is 0 Å². The molecule has 0 aliphatic carbocycles. The quantitative estimate of drug-likeness (QED) is 0.471. The molecule has 2 amide bonds. The minimum absolute atomic E-state index is 0.0224. The number of benzene rings is 2. The molecule has 0 saturated carbocycles. The van der Waals surface area contributed by atoms with Crippen molar-refractivity contribution in [3.63, 3.8) is 0 Å². The Morgan fingerprint density at radius 2 is 1.65 bits per heavy atom. The van der Waals surface area contributed by atoms with Gasteiger partial charge in [0.05, 0.1) is 5.57 Å². The van der Waals surface area contributed by atoms with E-state index in [0.717, 1.165) is 17.0 Å². The Morgan fingerprint density at radius 3 is 2.23 bits per heavy atom. The van der Waals surface area contributed by atoms with Gasteiger partial charge in [-0.1, -0.05) is 23.7 Å². The zero-order valence-electron chi connectivity index (χ0n) is 16.3. The first kappa shape index (κ1) is 22.6. The van der Waals surface area contributed by atoms with E-state index in [9.17, 15) is 22.8 Å². The number of halogens is 4. The lowest BCUT2D eigenvalue weighted by Crippen LogP contribution is -2.33. The van der Waals surface area contributed by atoms with E-state index in [1.54, 1.807) is 24.3 Å². The van der Waals surface area contributed by atoms with Crippen LogP contribution in [0, 0.1) is 0 Å². The number of rotatable bonds is 8. The summed E-state index contributed by atoms with van der Waals surface area (Å²) in [4.78, 5) is 27.1. The highest BCUT2D eigenvalue weighted by Crippen LogP contribution is 2.32. The molecule has 3 rings (SSSR count). The van der Waals surface area contributed by atoms with Crippen molar-refractivity contribution in [2.75, 3.05) is 25.6 Å². The Labute approximate surface area is 181 Å². The Balaban J connectivity index is 1.91. The molecular formula is C21H18ClF3N2O4. The van der Waals surface area contributed by atoms with Gasteiger partial charge < -0.3 is 14.8 Å². The topological polar surface area (TPSA) is 67.9 Å². The number of hydrogen-bond donors (Lipinski definition) is 1. The minimum Gasteiger partial charge on any atom is -0.406 e. The summed E-state index contributed by atoms with van der Waals surface area (Å²) in [5.74, 6) is -1.43. The molecule has 1 aliphatic heterocycles. The lowest BCUT2D eigenvalue weighted by molar-refractivity contribution is -0.274. The first-order valence-electron chi connectivity index (χ1n) is 9.18. The zero-order chi connectivity index (χ0) is 22.6. The van der Waals surface area contributed by atoms with Gasteiger partial charge in [0, 0.05) is 31.0 Å². The summed E-state index contributed by atoms with van der Waals surface area (Å²) in [5.41, 5.74) is 0.969. The largest absolute Gasteiger partial charge is 0.573 e. The molecule has 10 heteroatoms. The second-order valence-corrected chi connectivity index (χ2v) is 7.00. The van der Waals surface area contributed by atoms with Gasteiger partial charge in [-0.15, -0.1) is 13.2 Å². The van der Waals surface area contributed by atoms with E-state index >= 15 is 0 Å². The van der Waals surface area contributed by atoms with Gasteiger partial charge in [0.2, 0.25) is 0 Å². The summed E-state index contributed by atoms with van der Waals surface area (Å²) in [6.45, 7) is 0.531. The van der Waals surface area contributed by atoms with Gasteiger partial charge in [-0.05, 0) is 48.4 Å².